The molecule has 2 atom stereocenters. The molecule has 2 aromatic rings. The smallest absolute Gasteiger partial charge is 0.411 e. The summed E-state index contributed by atoms with van der Waals surface area (Å²) < 4.78 is 19.8. The summed E-state index contributed by atoms with van der Waals surface area (Å²) in [5.41, 5.74) is 0.578. The third-order valence-corrected chi connectivity index (χ3v) is 8.88. The fourth-order valence-electron chi connectivity index (χ4n) is 6.42. The van der Waals surface area contributed by atoms with Crippen LogP contribution in [0.4, 0.5) is 9.18 Å². The molecule has 2 heterocycles. The van der Waals surface area contributed by atoms with Crippen LogP contribution in [0.3, 0.4) is 0 Å². The number of ether oxygens (including phenoxy) is 1. The van der Waals surface area contributed by atoms with E-state index in [1.54, 1.807) is 12.4 Å². The minimum absolute atomic E-state index is 0.00171. The van der Waals surface area contributed by atoms with E-state index in [0.29, 0.717) is 45.1 Å². The van der Waals surface area contributed by atoms with Gasteiger partial charge in [0.2, 0.25) is 11.8 Å². The predicted molar refractivity (Wildman–Crippen MR) is 143 cm³/mol. The number of carbonyl (C=O) groups excluding carboxylic acids is 3. The van der Waals surface area contributed by atoms with Crippen molar-refractivity contribution < 1.29 is 23.5 Å². The average molecular weight is 548 g/mol. The molecule has 1 aromatic carbocycles. The van der Waals surface area contributed by atoms with Gasteiger partial charge in [0.15, 0.2) is 0 Å². The van der Waals surface area contributed by atoms with Crippen LogP contribution in [0, 0.1) is 16.7 Å². The number of carbonyl (C=O) groups is 3. The maximum absolute atomic E-state index is 14.1. The lowest BCUT2D eigenvalue weighted by atomic mass is 9.56. The molecule has 6 rings (SSSR count). The zero-order valence-electron chi connectivity index (χ0n) is 22.4. The Bertz CT molecular complexity index is 1240. The van der Waals surface area contributed by atoms with Crippen molar-refractivity contribution in [3.8, 4) is 6.07 Å². The minimum Gasteiger partial charge on any atom is -0.445 e. The molecule has 0 radical (unpaired) electrons. The maximum atomic E-state index is 14.1. The van der Waals surface area contributed by atoms with Gasteiger partial charge < -0.3 is 15.0 Å². The van der Waals surface area contributed by atoms with Gasteiger partial charge in [-0.2, -0.15) is 5.26 Å². The molecule has 3 saturated carbocycles. The third kappa shape index (κ3) is 5.64. The normalized spacial score (nSPS) is 27.1. The molecule has 1 aromatic heterocycles. The lowest BCUT2D eigenvalue weighted by Crippen LogP contribution is -2.63. The van der Waals surface area contributed by atoms with Crippen molar-refractivity contribution in [2.24, 2.45) is 5.41 Å². The Labute approximate surface area is 233 Å². The van der Waals surface area contributed by atoms with Gasteiger partial charge >= 0.3 is 6.09 Å². The zero-order chi connectivity index (χ0) is 28.2. The number of benzene rings is 1. The fourth-order valence-corrected chi connectivity index (χ4v) is 6.42. The van der Waals surface area contributed by atoms with Gasteiger partial charge in [-0.15, -0.1) is 0 Å². The highest BCUT2D eigenvalue weighted by atomic mass is 19.1. The number of nitrogens with one attached hydrogen (secondary N) is 1. The lowest BCUT2D eigenvalue weighted by Gasteiger charge is -2.56. The Morgan fingerprint density at radius 2 is 1.77 bits per heavy atom. The van der Waals surface area contributed by atoms with Gasteiger partial charge in [0.1, 0.15) is 25.4 Å². The maximum Gasteiger partial charge on any atom is 0.411 e. The number of pyridine rings is 1. The number of halogens is 1. The Kier molecular flexibility index (Phi) is 8.01. The van der Waals surface area contributed by atoms with Crippen molar-refractivity contribution >= 4 is 17.9 Å². The molecule has 1 N–H and O–H groups in total. The van der Waals surface area contributed by atoms with Crippen LogP contribution >= 0.6 is 0 Å². The number of hydrogen-bond acceptors (Lipinski definition) is 6. The summed E-state index contributed by atoms with van der Waals surface area (Å²) in [7, 11) is 0. The highest BCUT2D eigenvalue weighted by Gasteiger charge is 2.56. The molecule has 40 heavy (non-hydrogen) atoms. The molecule has 2 bridgehead atoms. The molecule has 1 saturated heterocycles. The number of nitriles is 1. The number of amides is 3. The van der Waals surface area contributed by atoms with Crippen LogP contribution in [0.5, 0.6) is 0 Å². The number of rotatable bonds is 8. The molecule has 9 nitrogen and oxygen atoms in total. The Morgan fingerprint density at radius 1 is 1.07 bits per heavy atom. The van der Waals surface area contributed by atoms with Gasteiger partial charge in [-0.05, 0) is 55.7 Å². The molecule has 4 fully saturated rings. The molecular formula is C30H34FN5O4. The number of aromatic nitrogens is 1. The summed E-state index contributed by atoms with van der Waals surface area (Å²) in [6, 6.07) is 14.2. The minimum atomic E-state index is -1.26. The van der Waals surface area contributed by atoms with Crippen LogP contribution < -0.4 is 5.32 Å². The lowest BCUT2D eigenvalue weighted by molar-refractivity contribution is -0.145. The van der Waals surface area contributed by atoms with Crippen molar-refractivity contribution in [1.29, 1.82) is 5.26 Å². The second kappa shape index (κ2) is 11.6. The largest absolute Gasteiger partial charge is 0.445 e. The zero-order valence-corrected chi connectivity index (χ0v) is 22.4. The summed E-state index contributed by atoms with van der Waals surface area (Å²) in [4.78, 5) is 47.0. The quantitative estimate of drug-likeness (QED) is 0.536. The second-order valence-corrected chi connectivity index (χ2v) is 11.2. The van der Waals surface area contributed by atoms with E-state index in [2.05, 4.69) is 10.3 Å². The van der Waals surface area contributed by atoms with Crippen molar-refractivity contribution in [2.75, 3.05) is 13.1 Å². The topological polar surface area (TPSA) is 116 Å². The fraction of sp³-hybridized carbons (Fsp3) is 0.500. The Balaban J connectivity index is 1.29. The second-order valence-electron chi connectivity index (χ2n) is 11.2. The first-order chi connectivity index (χ1) is 19.3. The number of nitrogens with zero attached hydrogens (tertiary/aromatic N) is 4. The van der Waals surface area contributed by atoms with Gasteiger partial charge in [-0.1, -0.05) is 36.4 Å². The number of hydrogen-bond donors (Lipinski definition) is 1. The van der Waals surface area contributed by atoms with Crippen molar-refractivity contribution in [3.63, 3.8) is 0 Å². The number of alkyl halides is 1. The standard InChI is InChI=1S/C30H34FN5O4/c31-24-15-25(16-32)35(19-24)26(37)20-36(28(39)40-21-22-5-2-1-3-6-22)30-11-8-29(9-12-30,10-13-30)27(38)34-18-23-7-4-14-33-17-23/h1-7,14,17,24-25H,8-13,15,18-21H2,(H,34,38)/t24-,25-,29?,30?/m0/s1. The van der Waals surface area contributed by atoms with E-state index < -0.39 is 35.2 Å². The first-order valence-corrected chi connectivity index (χ1v) is 13.8. The van der Waals surface area contributed by atoms with E-state index in [1.807, 2.05) is 48.5 Å². The van der Waals surface area contributed by atoms with Crippen molar-refractivity contribution in [2.45, 2.75) is 75.8 Å². The molecule has 0 unspecified atom stereocenters. The Morgan fingerprint density at radius 3 is 2.42 bits per heavy atom. The van der Waals surface area contributed by atoms with E-state index in [9.17, 15) is 24.0 Å². The summed E-state index contributed by atoms with van der Waals surface area (Å²) >= 11 is 0. The van der Waals surface area contributed by atoms with E-state index in [1.165, 1.54) is 9.80 Å². The molecule has 4 aliphatic rings. The van der Waals surface area contributed by atoms with Crippen molar-refractivity contribution in [1.82, 2.24) is 20.1 Å². The Hall–Kier alpha value is -4.00. The SMILES string of the molecule is N#C[C@@H]1C[C@H](F)CN1C(=O)CN(C(=O)OCc1ccccc1)C12CCC(C(=O)NCc3cccnc3)(CC1)CC2. The molecule has 3 aliphatic carbocycles. The van der Waals surface area contributed by atoms with E-state index in [4.69, 9.17) is 4.74 Å². The predicted octanol–water partition coefficient (Wildman–Crippen LogP) is 3.89. The van der Waals surface area contributed by atoms with E-state index in [0.717, 1.165) is 11.1 Å². The van der Waals surface area contributed by atoms with Crippen molar-refractivity contribution in [3.05, 3.63) is 66.0 Å². The summed E-state index contributed by atoms with van der Waals surface area (Å²) in [5.74, 6) is -0.462. The van der Waals surface area contributed by atoms with E-state index in [-0.39, 0.29) is 32.0 Å². The van der Waals surface area contributed by atoms with Crippen LogP contribution in [0.25, 0.3) is 0 Å². The molecule has 3 amide bonds. The summed E-state index contributed by atoms with van der Waals surface area (Å²) in [6.45, 7) is 0.00555. The van der Waals surface area contributed by atoms with Crippen LogP contribution in [0.15, 0.2) is 54.9 Å². The molecule has 0 spiro atoms. The first-order valence-electron chi connectivity index (χ1n) is 13.8. The first kappa shape index (κ1) is 27.6. The molecule has 210 valence electrons. The van der Waals surface area contributed by atoms with E-state index >= 15 is 0 Å². The van der Waals surface area contributed by atoms with Crippen LogP contribution in [-0.2, 0) is 27.5 Å². The van der Waals surface area contributed by atoms with Gasteiger partial charge in [-0.25, -0.2) is 9.18 Å². The van der Waals surface area contributed by atoms with Crippen LogP contribution in [0.2, 0.25) is 0 Å². The third-order valence-electron chi connectivity index (χ3n) is 8.88. The van der Waals surface area contributed by atoms with Gasteiger partial charge in [0.05, 0.1) is 12.6 Å². The number of fused-ring (bicyclic) bond motifs is 3. The average Bonchev–Trinajstić information content (AvgIpc) is 3.40. The van der Waals surface area contributed by atoms with Gasteiger partial charge in [0, 0.05) is 36.3 Å². The van der Waals surface area contributed by atoms with Crippen LogP contribution in [-0.4, -0.2) is 63.5 Å². The molecular weight excluding hydrogens is 513 g/mol. The number of likely N-dealkylation sites (tertiary alicyclic amines) is 1. The monoisotopic (exact) mass is 547 g/mol. The summed E-state index contributed by atoms with van der Waals surface area (Å²) in [5, 5.41) is 12.5. The van der Waals surface area contributed by atoms with Gasteiger partial charge in [-0.3, -0.25) is 19.5 Å². The van der Waals surface area contributed by atoms with Crippen LogP contribution in [0.1, 0.15) is 56.1 Å². The highest BCUT2D eigenvalue weighted by molar-refractivity contribution is 5.85. The molecule has 10 heteroatoms. The van der Waals surface area contributed by atoms with Gasteiger partial charge in [0.25, 0.3) is 0 Å². The highest BCUT2D eigenvalue weighted by Crippen LogP contribution is 2.55. The summed E-state index contributed by atoms with van der Waals surface area (Å²) in [6.07, 6.45) is 4.91. The molecule has 1 aliphatic heterocycles.